The molecule has 4 heteroatoms. The molecule has 0 amide bonds. The first kappa shape index (κ1) is 17.4. The Kier molecular flexibility index (Phi) is 5.06. The molecule has 0 aliphatic heterocycles. The van der Waals surface area contributed by atoms with Gasteiger partial charge in [0, 0.05) is 0 Å². The number of hydrogen-bond donors (Lipinski definition) is 0. The van der Waals surface area contributed by atoms with E-state index in [2.05, 4.69) is 0 Å². The van der Waals surface area contributed by atoms with Crippen LogP contribution < -0.4 is 0 Å². The van der Waals surface area contributed by atoms with Crippen molar-refractivity contribution in [3.05, 3.63) is 0 Å². The smallest absolute Gasteiger partial charge is 0.309 e. The van der Waals surface area contributed by atoms with E-state index in [1.807, 2.05) is 0 Å². The number of fused-ring (bicyclic) bond motifs is 6. The van der Waals surface area contributed by atoms with Crippen LogP contribution in [0.15, 0.2) is 0 Å². The molecule has 3 atom stereocenters. The van der Waals surface area contributed by atoms with Crippen LogP contribution >= 0.6 is 0 Å². The summed E-state index contributed by atoms with van der Waals surface area (Å²) >= 11 is 0. The molecule has 0 saturated heterocycles. The van der Waals surface area contributed by atoms with Crippen molar-refractivity contribution in [2.24, 2.45) is 29.6 Å². The second-order valence-corrected chi connectivity index (χ2v) is 9.14. The minimum Gasteiger partial charge on any atom is -0.462 e. The van der Waals surface area contributed by atoms with Crippen LogP contribution in [0.1, 0.15) is 77.6 Å². The maximum atomic E-state index is 12.4. The van der Waals surface area contributed by atoms with Gasteiger partial charge in [-0.3, -0.25) is 9.59 Å². The van der Waals surface area contributed by atoms with Crippen LogP contribution in [0.4, 0.5) is 0 Å². The van der Waals surface area contributed by atoms with E-state index in [0.29, 0.717) is 11.8 Å². The molecule has 0 aromatic heterocycles. The normalized spacial score (nSPS) is 40.5. The van der Waals surface area contributed by atoms with Crippen molar-refractivity contribution in [3.63, 3.8) is 0 Å². The molecule has 0 heterocycles. The average molecular weight is 348 g/mol. The Bertz CT molecular complexity index is 500. The maximum absolute atomic E-state index is 12.4. The van der Waals surface area contributed by atoms with Crippen LogP contribution in [-0.2, 0) is 19.1 Å². The Hall–Kier alpha value is -1.06. The van der Waals surface area contributed by atoms with Crippen molar-refractivity contribution in [1.29, 1.82) is 0 Å². The number of rotatable bonds is 5. The third kappa shape index (κ3) is 3.88. The summed E-state index contributed by atoms with van der Waals surface area (Å²) in [4.78, 5) is 24.7. The zero-order valence-corrected chi connectivity index (χ0v) is 15.5. The van der Waals surface area contributed by atoms with E-state index in [1.165, 1.54) is 51.4 Å². The lowest BCUT2D eigenvalue weighted by Crippen LogP contribution is -2.40. The number of ether oxygens (including phenoxy) is 2. The average Bonchev–Trinajstić information content (AvgIpc) is 2.63. The standard InChI is InChI=1S/C21H32O4/c1-13(21(23)25-19-12-15-4-8-17(19)9-5-15)10-20(22)24-18-11-14-2-6-16(18)7-3-14/h13-19H,2-12H2,1H3. The number of hydrogen-bond acceptors (Lipinski definition) is 4. The molecule has 6 aliphatic carbocycles. The van der Waals surface area contributed by atoms with Crippen LogP contribution in [0.5, 0.6) is 0 Å². The first-order valence-corrected chi connectivity index (χ1v) is 10.5. The minimum absolute atomic E-state index is 0.0903. The Morgan fingerprint density at radius 3 is 1.72 bits per heavy atom. The fourth-order valence-electron chi connectivity index (χ4n) is 5.74. The molecule has 0 aromatic carbocycles. The predicted molar refractivity (Wildman–Crippen MR) is 93.7 cm³/mol. The fourth-order valence-corrected chi connectivity index (χ4v) is 5.74. The largest absolute Gasteiger partial charge is 0.462 e. The van der Waals surface area contributed by atoms with Gasteiger partial charge in [-0.15, -0.1) is 0 Å². The summed E-state index contributed by atoms with van der Waals surface area (Å²) in [5.74, 6) is 1.76. The summed E-state index contributed by atoms with van der Waals surface area (Å²) in [6.07, 6.45) is 12.4. The molecule has 6 rings (SSSR count). The molecule has 6 fully saturated rings. The van der Waals surface area contributed by atoms with Crippen LogP contribution in [-0.4, -0.2) is 24.1 Å². The molecule has 0 N–H and O–H groups in total. The third-order valence-electron chi connectivity index (χ3n) is 7.39. The highest BCUT2D eigenvalue weighted by Crippen LogP contribution is 2.44. The number of carbonyl (C=O) groups is 2. The fraction of sp³-hybridized carbons (Fsp3) is 0.905. The van der Waals surface area contributed by atoms with E-state index in [4.69, 9.17) is 9.47 Å². The van der Waals surface area contributed by atoms with Crippen LogP contribution in [0, 0.1) is 29.6 Å². The molecule has 4 bridgehead atoms. The van der Waals surface area contributed by atoms with Gasteiger partial charge in [0.1, 0.15) is 12.2 Å². The summed E-state index contributed by atoms with van der Waals surface area (Å²) in [7, 11) is 0. The van der Waals surface area contributed by atoms with E-state index >= 15 is 0 Å². The van der Waals surface area contributed by atoms with Crippen molar-refractivity contribution in [2.45, 2.75) is 89.8 Å². The van der Waals surface area contributed by atoms with Crippen molar-refractivity contribution in [3.8, 4) is 0 Å². The quantitative estimate of drug-likeness (QED) is 0.697. The van der Waals surface area contributed by atoms with Gasteiger partial charge in [-0.25, -0.2) is 0 Å². The van der Waals surface area contributed by atoms with Crippen LogP contribution in [0.2, 0.25) is 0 Å². The van der Waals surface area contributed by atoms with Crippen molar-refractivity contribution >= 4 is 11.9 Å². The molecular formula is C21H32O4. The van der Waals surface area contributed by atoms with Crippen molar-refractivity contribution < 1.29 is 19.1 Å². The molecule has 6 saturated carbocycles. The first-order chi connectivity index (χ1) is 12.1. The summed E-state index contributed by atoms with van der Waals surface area (Å²) < 4.78 is 11.5. The molecule has 4 nitrogen and oxygen atoms in total. The molecule has 0 radical (unpaired) electrons. The zero-order chi connectivity index (χ0) is 17.4. The zero-order valence-electron chi connectivity index (χ0n) is 15.5. The third-order valence-corrected chi connectivity index (χ3v) is 7.39. The van der Waals surface area contributed by atoms with E-state index in [1.54, 1.807) is 6.92 Å². The summed E-state index contributed by atoms with van der Waals surface area (Å²) in [6, 6.07) is 0. The topological polar surface area (TPSA) is 52.6 Å². The Balaban J connectivity index is 1.23. The van der Waals surface area contributed by atoms with Gasteiger partial charge in [0.05, 0.1) is 12.3 Å². The second kappa shape index (κ2) is 7.28. The Morgan fingerprint density at radius 2 is 1.28 bits per heavy atom. The SMILES string of the molecule is CC(CC(=O)OC1CC2CCC1CC2)C(=O)OC1CC2CCC1CC2. The van der Waals surface area contributed by atoms with Crippen LogP contribution in [0.25, 0.3) is 0 Å². The first-order valence-electron chi connectivity index (χ1n) is 10.5. The summed E-state index contributed by atoms with van der Waals surface area (Å²) in [5.41, 5.74) is 0. The highest BCUT2D eigenvalue weighted by molar-refractivity contribution is 5.79. The Morgan fingerprint density at radius 1 is 0.800 bits per heavy atom. The van der Waals surface area contributed by atoms with Gasteiger partial charge in [0.25, 0.3) is 0 Å². The van der Waals surface area contributed by atoms with E-state index < -0.39 is 5.92 Å². The van der Waals surface area contributed by atoms with E-state index in [-0.39, 0.29) is 30.6 Å². The highest BCUT2D eigenvalue weighted by atomic mass is 16.6. The van der Waals surface area contributed by atoms with Gasteiger partial charge in [0.2, 0.25) is 0 Å². The Labute approximate surface area is 151 Å². The lowest BCUT2D eigenvalue weighted by atomic mass is 9.69. The summed E-state index contributed by atoms with van der Waals surface area (Å²) in [6.45, 7) is 1.80. The maximum Gasteiger partial charge on any atom is 0.309 e. The minimum atomic E-state index is -0.395. The monoisotopic (exact) mass is 348 g/mol. The van der Waals surface area contributed by atoms with Gasteiger partial charge < -0.3 is 9.47 Å². The molecule has 140 valence electrons. The van der Waals surface area contributed by atoms with Crippen LogP contribution in [0.3, 0.4) is 0 Å². The second-order valence-electron chi connectivity index (χ2n) is 9.14. The molecule has 25 heavy (non-hydrogen) atoms. The lowest BCUT2D eigenvalue weighted by Gasteiger charge is -2.42. The molecular weight excluding hydrogens is 316 g/mol. The van der Waals surface area contributed by atoms with Gasteiger partial charge in [-0.1, -0.05) is 6.92 Å². The molecule has 3 unspecified atom stereocenters. The molecule has 6 aliphatic rings. The van der Waals surface area contributed by atoms with Crippen molar-refractivity contribution in [1.82, 2.24) is 0 Å². The van der Waals surface area contributed by atoms with Gasteiger partial charge in [0.15, 0.2) is 0 Å². The van der Waals surface area contributed by atoms with E-state index in [9.17, 15) is 9.59 Å². The number of esters is 2. The summed E-state index contributed by atoms with van der Waals surface area (Å²) in [5, 5.41) is 0. The number of carbonyl (C=O) groups excluding carboxylic acids is 2. The van der Waals surface area contributed by atoms with E-state index in [0.717, 1.165) is 24.7 Å². The van der Waals surface area contributed by atoms with Gasteiger partial charge in [-0.05, 0) is 87.9 Å². The van der Waals surface area contributed by atoms with Gasteiger partial charge in [-0.2, -0.15) is 0 Å². The van der Waals surface area contributed by atoms with Gasteiger partial charge >= 0.3 is 11.9 Å². The molecule has 0 aromatic rings. The molecule has 0 spiro atoms. The highest BCUT2D eigenvalue weighted by Gasteiger charge is 2.40. The predicted octanol–water partition coefficient (Wildman–Crippen LogP) is 4.26. The lowest BCUT2D eigenvalue weighted by molar-refractivity contribution is -0.168. The van der Waals surface area contributed by atoms with Crippen molar-refractivity contribution in [2.75, 3.05) is 0 Å².